The van der Waals surface area contributed by atoms with E-state index >= 15 is 0 Å². The molecular formula is C17H12ClFO. The number of ketones is 1. The van der Waals surface area contributed by atoms with Gasteiger partial charge in [0, 0.05) is 17.0 Å². The Morgan fingerprint density at radius 1 is 1.15 bits per heavy atom. The van der Waals surface area contributed by atoms with Crippen molar-refractivity contribution in [1.82, 2.24) is 0 Å². The van der Waals surface area contributed by atoms with Crippen LogP contribution in [0.3, 0.4) is 0 Å². The van der Waals surface area contributed by atoms with Crippen LogP contribution in [0.4, 0.5) is 4.39 Å². The largest absolute Gasteiger partial charge is 0.289 e. The number of rotatable bonds is 1. The smallest absolute Gasteiger partial charge is 0.186 e. The highest BCUT2D eigenvalue weighted by Gasteiger charge is 2.22. The van der Waals surface area contributed by atoms with Gasteiger partial charge in [0.25, 0.3) is 0 Å². The molecule has 0 amide bonds. The van der Waals surface area contributed by atoms with Crippen LogP contribution in [0.5, 0.6) is 0 Å². The topological polar surface area (TPSA) is 17.1 Å². The van der Waals surface area contributed by atoms with Crippen LogP contribution in [-0.2, 0) is 6.42 Å². The Labute approximate surface area is 121 Å². The van der Waals surface area contributed by atoms with Crippen molar-refractivity contribution >= 4 is 23.0 Å². The van der Waals surface area contributed by atoms with Crippen LogP contribution < -0.4 is 0 Å². The number of halogens is 2. The highest BCUT2D eigenvalue weighted by Crippen LogP contribution is 2.33. The van der Waals surface area contributed by atoms with Gasteiger partial charge in [0.2, 0.25) is 0 Å². The van der Waals surface area contributed by atoms with Crippen LogP contribution >= 0.6 is 11.6 Å². The molecule has 0 aliphatic heterocycles. The van der Waals surface area contributed by atoms with Crippen LogP contribution in [0.1, 0.15) is 27.0 Å². The lowest BCUT2D eigenvalue weighted by atomic mass is 9.86. The van der Waals surface area contributed by atoms with Gasteiger partial charge >= 0.3 is 0 Å². The van der Waals surface area contributed by atoms with E-state index in [-0.39, 0.29) is 5.78 Å². The van der Waals surface area contributed by atoms with E-state index < -0.39 is 5.82 Å². The third-order valence-corrected chi connectivity index (χ3v) is 3.93. The summed E-state index contributed by atoms with van der Waals surface area (Å²) in [6, 6.07) is 10.4. The number of carbonyl (C=O) groups excluding carboxylic acids is 1. The van der Waals surface area contributed by atoms with E-state index in [1.165, 1.54) is 12.1 Å². The normalized spacial score (nSPS) is 13.9. The molecule has 3 heteroatoms. The maximum atomic E-state index is 13.4. The fourth-order valence-electron chi connectivity index (χ4n) is 2.59. The maximum Gasteiger partial charge on any atom is 0.186 e. The second-order valence-electron chi connectivity index (χ2n) is 4.94. The van der Waals surface area contributed by atoms with Gasteiger partial charge in [-0.2, -0.15) is 0 Å². The van der Waals surface area contributed by atoms with E-state index in [0.717, 1.165) is 16.7 Å². The number of fused-ring (bicyclic) bond motifs is 1. The number of benzene rings is 2. The molecule has 2 aromatic carbocycles. The predicted molar refractivity (Wildman–Crippen MR) is 78.6 cm³/mol. The summed E-state index contributed by atoms with van der Waals surface area (Å²) in [5.41, 5.74) is 4.14. The predicted octanol–water partition coefficient (Wildman–Crippen LogP) is 4.61. The zero-order valence-corrected chi connectivity index (χ0v) is 11.7. The van der Waals surface area contributed by atoms with Crippen LogP contribution in [0, 0.1) is 12.7 Å². The molecule has 1 aliphatic rings. The van der Waals surface area contributed by atoms with Crippen LogP contribution in [0.2, 0.25) is 5.02 Å². The average molecular weight is 287 g/mol. The molecule has 100 valence electrons. The lowest BCUT2D eigenvalue weighted by molar-refractivity contribution is 0.104. The molecule has 0 saturated carbocycles. The van der Waals surface area contributed by atoms with Gasteiger partial charge in [-0.25, -0.2) is 4.39 Å². The first-order chi connectivity index (χ1) is 9.56. The van der Waals surface area contributed by atoms with Gasteiger partial charge in [0.15, 0.2) is 5.78 Å². The molecule has 20 heavy (non-hydrogen) atoms. The molecule has 0 atom stereocenters. The zero-order chi connectivity index (χ0) is 14.3. The number of aryl methyl sites for hydroxylation is 1. The molecule has 0 radical (unpaired) electrons. The van der Waals surface area contributed by atoms with Crippen molar-refractivity contribution in [3.63, 3.8) is 0 Å². The van der Waals surface area contributed by atoms with E-state index in [4.69, 9.17) is 11.6 Å². The van der Waals surface area contributed by atoms with E-state index in [9.17, 15) is 9.18 Å². The van der Waals surface area contributed by atoms with Gasteiger partial charge in [0.05, 0.1) is 0 Å². The molecule has 0 heterocycles. The van der Waals surface area contributed by atoms with Crippen molar-refractivity contribution in [2.24, 2.45) is 0 Å². The Balaban J connectivity index is 2.12. The summed E-state index contributed by atoms with van der Waals surface area (Å²) >= 11 is 6.09. The minimum atomic E-state index is -0.477. The van der Waals surface area contributed by atoms with E-state index in [1.807, 2.05) is 31.2 Å². The van der Waals surface area contributed by atoms with Crippen LogP contribution in [0.15, 0.2) is 42.5 Å². The molecule has 0 spiro atoms. The Bertz CT molecular complexity index is 747. The fraction of sp³-hybridized carbons (Fsp3) is 0.118. The summed E-state index contributed by atoms with van der Waals surface area (Å²) in [6.45, 7) is 2.00. The Morgan fingerprint density at radius 3 is 2.65 bits per heavy atom. The van der Waals surface area contributed by atoms with Crippen LogP contribution in [-0.4, -0.2) is 5.78 Å². The summed E-state index contributed by atoms with van der Waals surface area (Å²) in [7, 11) is 0. The molecule has 0 aromatic heterocycles. The molecule has 0 saturated heterocycles. The van der Waals surface area contributed by atoms with Crippen molar-refractivity contribution in [1.29, 1.82) is 0 Å². The highest BCUT2D eigenvalue weighted by atomic mass is 35.5. The van der Waals surface area contributed by atoms with Gasteiger partial charge in [-0.05, 0) is 47.4 Å². The number of allylic oxidation sites excluding steroid dienone is 2. The Morgan fingerprint density at radius 2 is 1.90 bits per heavy atom. The van der Waals surface area contributed by atoms with E-state index in [1.54, 1.807) is 6.08 Å². The minimum Gasteiger partial charge on any atom is -0.289 e. The average Bonchev–Trinajstić information content (AvgIpc) is 2.40. The maximum absolute atomic E-state index is 13.4. The van der Waals surface area contributed by atoms with Gasteiger partial charge < -0.3 is 0 Å². The van der Waals surface area contributed by atoms with E-state index in [2.05, 4.69) is 0 Å². The summed E-state index contributed by atoms with van der Waals surface area (Å²) in [4.78, 5) is 12.2. The molecule has 0 N–H and O–H groups in total. The first kappa shape index (κ1) is 13.1. The third-order valence-electron chi connectivity index (χ3n) is 3.59. The number of hydrogen-bond acceptors (Lipinski definition) is 1. The molecular weight excluding hydrogens is 275 g/mol. The molecule has 0 fully saturated rings. The first-order valence-corrected chi connectivity index (χ1v) is 6.73. The van der Waals surface area contributed by atoms with Crippen molar-refractivity contribution in [2.75, 3.05) is 0 Å². The number of carbonyl (C=O) groups is 1. The second-order valence-corrected chi connectivity index (χ2v) is 5.35. The standard InChI is InChI=1S/C17H12ClFO/c1-10-4-2-3-5-13(10)11-6-14-15(17(20)7-11)8-12(19)9-16(14)18/h2-5,7-9H,6H2,1H3. The summed E-state index contributed by atoms with van der Waals surface area (Å²) in [5.74, 6) is -0.666. The summed E-state index contributed by atoms with van der Waals surface area (Å²) in [6.07, 6.45) is 2.13. The molecule has 2 aromatic rings. The van der Waals surface area contributed by atoms with Crippen molar-refractivity contribution in [2.45, 2.75) is 13.3 Å². The Kier molecular flexibility index (Phi) is 3.19. The van der Waals surface area contributed by atoms with Crippen molar-refractivity contribution in [3.05, 3.63) is 75.6 Å². The van der Waals surface area contributed by atoms with Crippen LogP contribution in [0.25, 0.3) is 5.57 Å². The van der Waals surface area contributed by atoms with Gasteiger partial charge in [-0.3, -0.25) is 4.79 Å². The lowest BCUT2D eigenvalue weighted by Crippen LogP contribution is -2.11. The molecule has 0 bridgehead atoms. The third kappa shape index (κ3) is 2.16. The molecule has 1 aliphatic carbocycles. The molecule has 1 nitrogen and oxygen atoms in total. The first-order valence-electron chi connectivity index (χ1n) is 6.35. The fourth-order valence-corrected chi connectivity index (χ4v) is 2.86. The van der Waals surface area contributed by atoms with Gasteiger partial charge in [-0.1, -0.05) is 35.9 Å². The zero-order valence-electron chi connectivity index (χ0n) is 10.9. The van der Waals surface area contributed by atoms with Crippen molar-refractivity contribution < 1.29 is 9.18 Å². The number of hydrogen-bond donors (Lipinski definition) is 0. The van der Waals surface area contributed by atoms with Crippen molar-refractivity contribution in [3.8, 4) is 0 Å². The quantitative estimate of drug-likeness (QED) is 0.748. The SMILES string of the molecule is Cc1ccccc1C1=CC(=O)c2cc(F)cc(Cl)c2C1. The molecule has 3 rings (SSSR count). The molecule has 0 unspecified atom stereocenters. The monoisotopic (exact) mass is 286 g/mol. The Hall–Kier alpha value is -1.93. The summed E-state index contributed by atoms with van der Waals surface area (Å²) < 4.78 is 13.4. The van der Waals surface area contributed by atoms with E-state index in [0.29, 0.717) is 22.6 Å². The lowest BCUT2D eigenvalue weighted by Gasteiger charge is -2.19. The van der Waals surface area contributed by atoms with Gasteiger partial charge in [0.1, 0.15) is 5.82 Å². The highest BCUT2D eigenvalue weighted by molar-refractivity contribution is 6.32. The minimum absolute atomic E-state index is 0.189. The second kappa shape index (κ2) is 4.88. The van der Waals surface area contributed by atoms with Gasteiger partial charge in [-0.15, -0.1) is 0 Å². The summed E-state index contributed by atoms with van der Waals surface area (Å²) in [5, 5.41) is 0.313.